The van der Waals surface area contributed by atoms with Gasteiger partial charge in [0.2, 0.25) is 0 Å². The molecule has 2 aromatic carbocycles. The normalized spacial score (nSPS) is 12.4. The number of nitrogens with one attached hydrogen (secondary N) is 1. The maximum Gasteiger partial charge on any atom is 0.418 e. The van der Waals surface area contributed by atoms with Gasteiger partial charge in [0.25, 0.3) is 0 Å². The van der Waals surface area contributed by atoms with Crippen molar-refractivity contribution in [3.63, 3.8) is 0 Å². The molecule has 0 amide bonds. The highest BCUT2D eigenvalue weighted by Crippen LogP contribution is 2.34. The maximum absolute atomic E-state index is 12.9. The lowest BCUT2D eigenvalue weighted by molar-refractivity contribution is -0.136. The van der Waals surface area contributed by atoms with Crippen molar-refractivity contribution in [2.45, 2.75) is 13.1 Å². The summed E-state index contributed by atoms with van der Waals surface area (Å²) in [6.07, 6.45) is -4.45. The van der Waals surface area contributed by atoms with Gasteiger partial charge in [-0.25, -0.2) is 0 Å². The second kappa shape index (κ2) is 6.58. The van der Waals surface area contributed by atoms with Gasteiger partial charge in [-0.15, -0.1) is 0 Å². The molecule has 0 heterocycles. The van der Waals surface area contributed by atoms with Crippen LogP contribution in [0.25, 0.3) is 0 Å². The first-order valence-corrected chi connectivity index (χ1v) is 6.96. The Morgan fingerprint density at radius 2 is 1.77 bits per heavy atom. The van der Waals surface area contributed by atoms with Crippen molar-refractivity contribution in [2.75, 3.05) is 5.43 Å². The molecule has 2 nitrogen and oxygen atoms in total. The Balaban J connectivity index is 2.29. The number of halogens is 5. The lowest BCUT2D eigenvalue weighted by Gasteiger charge is -2.12. The first kappa shape index (κ1) is 16.6. The molecule has 2 rings (SSSR count). The highest BCUT2D eigenvalue weighted by Gasteiger charge is 2.33. The van der Waals surface area contributed by atoms with Crippen molar-refractivity contribution < 1.29 is 13.2 Å². The molecule has 0 fully saturated rings. The van der Waals surface area contributed by atoms with E-state index in [9.17, 15) is 13.2 Å². The van der Waals surface area contributed by atoms with E-state index in [1.165, 1.54) is 18.2 Å². The maximum atomic E-state index is 12.9. The van der Waals surface area contributed by atoms with Gasteiger partial charge in [0, 0.05) is 10.6 Å². The van der Waals surface area contributed by atoms with E-state index in [1.807, 2.05) is 0 Å². The van der Waals surface area contributed by atoms with Crippen LogP contribution in [-0.4, -0.2) is 5.71 Å². The Morgan fingerprint density at radius 3 is 2.41 bits per heavy atom. The second-order valence-electron chi connectivity index (χ2n) is 4.48. The topological polar surface area (TPSA) is 24.4 Å². The zero-order valence-electron chi connectivity index (χ0n) is 11.4. The van der Waals surface area contributed by atoms with Gasteiger partial charge in [0.15, 0.2) is 0 Å². The molecule has 0 spiro atoms. The van der Waals surface area contributed by atoms with Gasteiger partial charge in [0.05, 0.1) is 22.0 Å². The van der Waals surface area contributed by atoms with Crippen LogP contribution in [0, 0.1) is 0 Å². The molecule has 0 saturated carbocycles. The molecule has 0 radical (unpaired) electrons. The summed E-state index contributed by atoms with van der Waals surface area (Å²) in [5.41, 5.74) is 2.56. The summed E-state index contributed by atoms with van der Waals surface area (Å²) in [4.78, 5) is 0. The van der Waals surface area contributed by atoms with Crippen LogP contribution in [0.2, 0.25) is 10.0 Å². The summed E-state index contributed by atoms with van der Waals surface area (Å²) in [5.74, 6) is 0. The number of benzene rings is 2. The summed E-state index contributed by atoms with van der Waals surface area (Å²) in [7, 11) is 0. The van der Waals surface area contributed by atoms with E-state index in [1.54, 1.807) is 25.1 Å². The highest BCUT2D eigenvalue weighted by atomic mass is 35.5. The van der Waals surface area contributed by atoms with Crippen LogP contribution in [0.4, 0.5) is 18.9 Å². The quantitative estimate of drug-likeness (QED) is 0.547. The van der Waals surface area contributed by atoms with Crippen LogP contribution in [0.3, 0.4) is 0 Å². The van der Waals surface area contributed by atoms with Crippen molar-refractivity contribution in [3.8, 4) is 0 Å². The molecule has 0 bridgehead atoms. The average Bonchev–Trinajstić information content (AvgIpc) is 2.44. The van der Waals surface area contributed by atoms with Gasteiger partial charge in [-0.3, -0.25) is 5.43 Å². The largest absolute Gasteiger partial charge is 0.418 e. The molecule has 7 heteroatoms. The zero-order chi connectivity index (χ0) is 16.3. The zero-order valence-corrected chi connectivity index (χ0v) is 12.9. The minimum absolute atomic E-state index is 0.126. The Kier molecular flexibility index (Phi) is 4.98. The van der Waals surface area contributed by atoms with Gasteiger partial charge in [-0.1, -0.05) is 41.4 Å². The van der Waals surface area contributed by atoms with Gasteiger partial charge in [-0.05, 0) is 31.2 Å². The predicted octanol–water partition coefficient (Wildman–Crippen LogP) is 5.85. The number of hydrazone groups is 1. The van der Waals surface area contributed by atoms with Gasteiger partial charge >= 0.3 is 6.18 Å². The first-order chi connectivity index (χ1) is 10.3. The van der Waals surface area contributed by atoms with Crippen LogP contribution < -0.4 is 5.43 Å². The monoisotopic (exact) mass is 346 g/mol. The Morgan fingerprint density at radius 1 is 1.09 bits per heavy atom. The van der Waals surface area contributed by atoms with E-state index in [-0.39, 0.29) is 5.69 Å². The van der Waals surface area contributed by atoms with Crippen molar-refractivity contribution in [1.82, 2.24) is 0 Å². The Bertz CT molecular complexity index is 712. The Labute approximate surface area is 135 Å². The lowest BCUT2D eigenvalue weighted by Crippen LogP contribution is -2.09. The van der Waals surface area contributed by atoms with Crippen molar-refractivity contribution in [2.24, 2.45) is 5.10 Å². The molecular formula is C15H11Cl2F3N2. The van der Waals surface area contributed by atoms with Gasteiger partial charge in [-0.2, -0.15) is 18.3 Å². The molecule has 0 aliphatic heterocycles. The van der Waals surface area contributed by atoms with Crippen molar-refractivity contribution in [3.05, 3.63) is 63.6 Å². The lowest BCUT2D eigenvalue weighted by atomic mass is 10.1. The molecule has 0 aliphatic rings. The first-order valence-electron chi connectivity index (χ1n) is 6.21. The third-order valence-corrected chi connectivity index (χ3v) is 3.45. The molecular weight excluding hydrogens is 336 g/mol. The SMILES string of the molecule is C/C(=N\Nc1ccccc1C(F)(F)F)c1ccc(Cl)cc1Cl. The van der Waals surface area contributed by atoms with E-state index in [2.05, 4.69) is 10.5 Å². The molecule has 2 aromatic rings. The molecule has 0 aliphatic carbocycles. The molecule has 116 valence electrons. The predicted molar refractivity (Wildman–Crippen MR) is 83.7 cm³/mol. The number of nitrogens with zero attached hydrogens (tertiary/aromatic N) is 1. The third-order valence-electron chi connectivity index (χ3n) is 2.90. The number of para-hydroxylation sites is 1. The summed E-state index contributed by atoms with van der Waals surface area (Å²) in [6, 6.07) is 9.94. The van der Waals surface area contributed by atoms with Crippen LogP contribution >= 0.6 is 23.2 Å². The number of hydrogen-bond donors (Lipinski definition) is 1. The van der Waals surface area contributed by atoms with E-state index < -0.39 is 11.7 Å². The fourth-order valence-corrected chi connectivity index (χ4v) is 2.36. The molecule has 0 unspecified atom stereocenters. The molecule has 0 aromatic heterocycles. The summed E-state index contributed by atoms with van der Waals surface area (Å²) >= 11 is 11.8. The van der Waals surface area contributed by atoms with Crippen LogP contribution in [0.1, 0.15) is 18.1 Å². The van der Waals surface area contributed by atoms with E-state index in [4.69, 9.17) is 23.2 Å². The number of hydrogen-bond acceptors (Lipinski definition) is 2. The minimum Gasteiger partial charge on any atom is -0.278 e. The van der Waals surface area contributed by atoms with Crippen LogP contribution in [-0.2, 0) is 6.18 Å². The molecule has 0 saturated heterocycles. The second-order valence-corrected chi connectivity index (χ2v) is 5.32. The van der Waals surface area contributed by atoms with E-state index >= 15 is 0 Å². The minimum atomic E-state index is -4.45. The van der Waals surface area contributed by atoms with Crippen LogP contribution in [0.15, 0.2) is 47.6 Å². The van der Waals surface area contributed by atoms with Gasteiger partial charge in [0.1, 0.15) is 0 Å². The summed E-state index contributed by atoms with van der Waals surface area (Å²) in [6.45, 7) is 1.64. The van der Waals surface area contributed by atoms with Gasteiger partial charge < -0.3 is 0 Å². The molecule has 0 atom stereocenters. The number of anilines is 1. The summed E-state index contributed by atoms with van der Waals surface area (Å²) < 4.78 is 38.6. The fourth-order valence-electron chi connectivity index (χ4n) is 1.82. The fraction of sp³-hybridized carbons (Fsp3) is 0.133. The van der Waals surface area contributed by atoms with Crippen LogP contribution in [0.5, 0.6) is 0 Å². The number of alkyl halides is 3. The standard InChI is InChI=1S/C15H11Cl2F3N2/c1-9(11-7-6-10(16)8-13(11)17)21-22-14-5-3-2-4-12(14)15(18,19)20/h2-8,22H,1H3/b21-9+. The van der Waals surface area contributed by atoms with E-state index in [0.29, 0.717) is 21.3 Å². The van der Waals surface area contributed by atoms with Crippen molar-refractivity contribution >= 4 is 34.6 Å². The van der Waals surface area contributed by atoms with Crippen molar-refractivity contribution in [1.29, 1.82) is 0 Å². The molecule has 1 N–H and O–H groups in total. The average molecular weight is 347 g/mol. The summed E-state index contributed by atoms with van der Waals surface area (Å²) in [5, 5.41) is 4.81. The highest BCUT2D eigenvalue weighted by molar-refractivity contribution is 6.37. The number of rotatable bonds is 3. The van der Waals surface area contributed by atoms with E-state index in [0.717, 1.165) is 6.07 Å². The third kappa shape index (κ3) is 3.93. The Hall–Kier alpha value is -1.72. The smallest absolute Gasteiger partial charge is 0.278 e. The molecule has 22 heavy (non-hydrogen) atoms.